The fourth-order valence-corrected chi connectivity index (χ4v) is 2.76. The second-order valence-corrected chi connectivity index (χ2v) is 6.14. The van der Waals surface area contributed by atoms with E-state index in [0.717, 1.165) is 11.5 Å². The Balaban J connectivity index is 1.67. The number of carboxylic acid groups (broad SMARTS) is 1. The van der Waals surface area contributed by atoms with E-state index >= 15 is 0 Å². The lowest BCUT2D eigenvalue weighted by atomic mass is 10.0. The van der Waals surface area contributed by atoms with E-state index in [1.54, 1.807) is 25.3 Å². The van der Waals surface area contributed by atoms with Crippen LogP contribution in [0.25, 0.3) is 11.6 Å². The van der Waals surface area contributed by atoms with Gasteiger partial charge in [0.2, 0.25) is 0 Å². The first kappa shape index (κ1) is 20.0. The Kier molecular flexibility index (Phi) is 6.90. The van der Waals surface area contributed by atoms with Crippen LogP contribution in [0.2, 0.25) is 0 Å². The lowest BCUT2D eigenvalue weighted by Gasteiger charge is -2.11. The smallest absolute Gasteiger partial charge is 0.336 e. The zero-order chi connectivity index (χ0) is 20.5. The Hall–Kier alpha value is -3.73. The molecule has 5 nitrogen and oxygen atoms in total. The zero-order valence-electron chi connectivity index (χ0n) is 16.1. The number of para-hydroxylation sites is 1. The van der Waals surface area contributed by atoms with E-state index < -0.39 is 5.97 Å². The van der Waals surface area contributed by atoms with Crippen molar-refractivity contribution >= 4 is 17.6 Å². The molecule has 0 spiro atoms. The van der Waals surface area contributed by atoms with E-state index in [9.17, 15) is 9.90 Å². The molecule has 5 heteroatoms. The summed E-state index contributed by atoms with van der Waals surface area (Å²) in [6, 6.07) is 23.6. The number of benzene rings is 3. The molecule has 0 fully saturated rings. The molecule has 148 valence electrons. The van der Waals surface area contributed by atoms with Crippen LogP contribution in [0.5, 0.6) is 17.2 Å². The summed E-state index contributed by atoms with van der Waals surface area (Å²) in [6.07, 6.45) is 1.62. The molecule has 0 saturated carbocycles. The van der Waals surface area contributed by atoms with Crippen molar-refractivity contribution in [1.82, 2.24) is 0 Å². The topological polar surface area (TPSA) is 65.0 Å². The SMILES string of the molecule is COc1ccc(OCCOc2ccccc2/C=C(\C(=O)O)c2ccccc2)cc1. The van der Waals surface area contributed by atoms with Gasteiger partial charge in [0.25, 0.3) is 0 Å². The highest BCUT2D eigenvalue weighted by atomic mass is 16.5. The molecule has 29 heavy (non-hydrogen) atoms. The minimum absolute atomic E-state index is 0.205. The summed E-state index contributed by atoms with van der Waals surface area (Å²) in [5, 5.41) is 9.62. The van der Waals surface area contributed by atoms with Crippen molar-refractivity contribution in [1.29, 1.82) is 0 Å². The Bertz CT molecular complexity index is 962. The van der Waals surface area contributed by atoms with E-state index in [4.69, 9.17) is 14.2 Å². The molecule has 0 heterocycles. The maximum absolute atomic E-state index is 11.7. The lowest BCUT2D eigenvalue weighted by Crippen LogP contribution is -2.09. The van der Waals surface area contributed by atoms with Crippen molar-refractivity contribution in [3.63, 3.8) is 0 Å². The van der Waals surface area contributed by atoms with Gasteiger partial charge in [-0.25, -0.2) is 4.79 Å². The predicted molar refractivity (Wildman–Crippen MR) is 112 cm³/mol. The van der Waals surface area contributed by atoms with E-state index in [1.165, 1.54) is 0 Å². The Morgan fingerprint density at radius 1 is 0.828 bits per heavy atom. The van der Waals surface area contributed by atoms with Crippen LogP contribution in [0.3, 0.4) is 0 Å². The molecule has 3 aromatic rings. The summed E-state index contributed by atoms with van der Waals surface area (Å²) in [6.45, 7) is 0.680. The Labute approximate surface area is 169 Å². The van der Waals surface area contributed by atoms with Gasteiger partial charge in [0, 0.05) is 5.56 Å². The van der Waals surface area contributed by atoms with Gasteiger partial charge in [-0.2, -0.15) is 0 Å². The first-order chi connectivity index (χ1) is 14.2. The van der Waals surface area contributed by atoms with Gasteiger partial charge >= 0.3 is 5.97 Å². The quantitative estimate of drug-likeness (QED) is 0.324. The van der Waals surface area contributed by atoms with Crippen LogP contribution in [0.4, 0.5) is 0 Å². The minimum Gasteiger partial charge on any atom is -0.497 e. The molecule has 0 aliphatic heterocycles. The fourth-order valence-electron chi connectivity index (χ4n) is 2.76. The van der Waals surface area contributed by atoms with Gasteiger partial charge in [0.05, 0.1) is 12.7 Å². The zero-order valence-corrected chi connectivity index (χ0v) is 16.1. The standard InChI is InChI=1S/C24H22O5/c1-27-20-11-13-21(14-12-20)28-15-16-29-23-10-6-5-9-19(23)17-22(24(25)26)18-7-3-2-4-8-18/h2-14,17H,15-16H2,1H3,(H,25,26)/b22-17-. The van der Waals surface area contributed by atoms with Crippen molar-refractivity contribution in [2.45, 2.75) is 0 Å². The number of aliphatic carboxylic acids is 1. The predicted octanol–water partition coefficient (Wildman–Crippen LogP) is 4.78. The minimum atomic E-state index is -0.992. The van der Waals surface area contributed by atoms with Gasteiger partial charge in [-0.3, -0.25) is 0 Å². The number of carbonyl (C=O) groups is 1. The summed E-state index contributed by atoms with van der Waals surface area (Å²) in [4.78, 5) is 11.7. The molecule has 0 unspecified atom stereocenters. The third-order valence-corrected chi connectivity index (χ3v) is 4.20. The lowest BCUT2D eigenvalue weighted by molar-refractivity contribution is -0.130. The molecule has 0 aromatic heterocycles. The van der Waals surface area contributed by atoms with E-state index in [2.05, 4.69) is 0 Å². The summed E-state index contributed by atoms with van der Waals surface area (Å²) in [5.41, 5.74) is 1.53. The molecule has 0 saturated heterocycles. The van der Waals surface area contributed by atoms with Gasteiger partial charge in [-0.15, -0.1) is 0 Å². The van der Waals surface area contributed by atoms with Crippen molar-refractivity contribution in [2.75, 3.05) is 20.3 Å². The number of carboxylic acids is 1. The number of hydrogen-bond donors (Lipinski definition) is 1. The summed E-state index contributed by atoms with van der Waals surface area (Å²) in [5.74, 6) is 1.09. The molecule has 1 N–H and O–H groups in total. The van der Waals surface area contributed by atoms with E-state index in [0.29, 0.717) is 30.1 Å². The van der Waals surface area contributed by atoms with Crippen LogP contribution in [-0.4, -0.2) is 31.4 Å². The molecular formula is C24H22O5. The first-order valence-electron chi connectivity index (χ1n) is 9.16. The molecule has 3 rings (SSSR count). The highest BCUT2D eigenvalue weighted by molar-refractivity contribution is 6.20. The number of hydrogen-bond acceptors (Lipinski definition) is 4. The summed E-state index contributed by atoms with van der Waals surface area (Å²) < 4.78 is 16.6. The van der Waals surface area contributed by atoms with Crippen LogP contribution in [0, 0.1) is 0 Å². The van der Waals surface area contributed by atoms with Gasteiger partial charge < -0.3 is 19.3 Å². The van der Waals surface area contributed by atoms with Gasteiger partial charge in [0.15, 0.2) is 0 Å². The average molecular weight is 390 g/mol. The van der Waals surface area contributed by atoms with Crippen molar-refractivity contribution in [2.24, 2.45) is 0 Å². The largest absolute Gasteiger partial charge is 0.497 e. The summed E-state index contributed by atoms with van der Waals surface area (Å²) >= 11 is 0. The highest BCUT2D eigenvalue weighted by Crippen LogP contribution is 2.25. The van der Waals surface area contributed by atoms with Crippen LogP contribution in [0.1, 0.15) is 11.1 Å². The Morgan fingerprint density at radius 3 is 2.14 bits per heavy atom. The van der Waals surface area contributed by atoms with Crippen molar-refractivity contribution in [3.8, 4) is 17.2 Å². The second-order valence-electron chi connectivity index (χ2n) is 6.14. The van der Waals surface area contributed by atoms with Crippen molar-refractivity contribution < 1.29 is 24.1 Å². The maximum atomic E-state index is 11.7. The average Bonchev–Trinajstić information content (AvgIpc) is 2.76. The molecular weight excluding hydrogens is 368 g/mol. The summed E-state index contributed by atoms with van der Waals surface area (Å²) in [7, 11) is 1.61. The molecule has 0 radical (unpaired) electrons. The van der Waals surface area contributed by atoms with Crippen LogP contribution in [0.15, 0.2) is 78.9 Å². The van der Waals surface area contributed by atoms with Gasteiger partial charge in [-0.1, -0.05) is 48.5 Å². The van der Waals surface area contributed by atoms with E-state index in [-0.39, 0.29) is 5.57 Å². The first-order valence-corrected chi connectivity index (χ1v) is 9.16. The molecule has 0 aliphatic rings. The molecule has 3 aromatic carbocycles. The van der Waals surface area contributed by atoms with Crippen LogP contribution >= 0.6 is 0 Å². The third-order valence-electron chi connectivity index (χ3n) is 4.20. The van der Waals surface area contributed by atoms with E-state index in [1.807, 2.05) is 66.7 Å². The highest BCUT2D eigenvalue weighted by Gasteiger charge is 2.11. The van der Waals surface area contributed by atoms with Gasteiger partial charge in [-0.05, 0) is 42.0 Å². The molecule has 0 atom stereocenters. The molecule has 0 bridgehead atoms. The van der Waals surface area contributed by atoms with Gasteiger partial charge in [0.1, 0.15) is 30.5 Å². The Morgan fingerprint density at radius 2 is 1.45 bits per heavy atom. The van der Waals surface area contributed by atoms with Crippen LogP contribution < -0.4 is 14.2 Å². The monoisotopic (exact) mass is 390 g/mol. The number of ether oxygens (including phenoxy) is 3. The molecule has 0 aliphatic carbocycles. The third kappa shape index (κ3) is 5.62. The molecule has 0 amide bonds. The maximum Gasteiger partial charge on any atom is 0.336 e. The number of rotatable bonds is 9. The normalized spacial score (nSPS) is 11.0. The van der Waals surface area contributed by atoms with Crippen LogP contribution in [-0.2, 0) is 4.79 Å². The number of methoxy groups -OCH3 is 1. The fraction of sp³-hybridized carbons (Fsp3) is 0.125. The second kappa shape index (κ2) is 9.99. The van der Waals surface area contributed by atoms with Crippen molar-refractivity contribution in [3.05, 3.63) is 90.0 Å².